The van der Waals surface area contributed by atoms with Crippen molar-refractivity contribution in [2.75, 3.05) is 13.1 Å². The van der Waals surface area contributed by atoms with Crippen molar-refractivity contribution in [2.45, 2.75) is 36.7 Å². The maximum atomic E-state index is 14.1. The molecule has 4 nitrogen and oxygen atoms in total. The van der Waals surface area contributed by atoms with Crippen LogP contribution in [0.1, 0.15) is 30.7 Å². The van der Waals surface area contributed by atoms with E-state index in [1.165, 1.54) is 24.3 Å². The smallest absolute Gasteiger partial charge is 0.200 e. The maximum Gasteiger partial charge on any atom is 0.200 e. The van der Waals surface area contributed by atoms with Gasteiger partial charge in [-0.05, 0) is 50.2 Å². The highest BCUT2D eigenvalue weighted by Crippen LogP contribution is 2.31. The summed E-state index contributed by atoms with van der Waals surface area (Å²) >= 11 is 0.775. The zero-order chi connectivity index (χ0) is 22.8. The number of piperidine rings is 1. The Morgan fingerprint density at radius 2 is 1.34 bits per heavy atom. The van der Waals surface area contributed by atoms with Crippen molar-refractivity contribution in [2.24, 2.45) is 0 Å². The van der Waals surface area contributed by atoms with Crippen LogP contribution in [0, 0.1) is 34.9 Å². The second-order valence-electron chi connectivity index (χ2n) is 7.38. The maximum absolute atomic E-state index is 14.1. The molecule has 1 aromatic heterocycles. The molecule has 170 valence electrons. The first-order valence-electron chi connectivity index (χ1n) is 9.92. The highest BCUT2D eigenvalue weighted by molar-refractivity contribution is 7.98. The Kier molecular flexibility index (Phi) is 6.75. The van der Waals surface area contributed by atoms with Crippen molar-refractivity contribution in [1.29, 1.82) is 0 Å². The van der Waals surface area contributed by atoms with Crippen LogP contribution in [0.15, 0.2) is 29.4 Å². The highest BCUT2D eigenvalue weighted by atomic mass is 32.2. The third kappa shape index (κ3) is 4.49. The predicted molar refractivity (Wildman–Crippen MR) is 106 cm³/mol. The van der Waals surface area contributed by atoms with Crippen LogP contribution < -0.4 is 0 Å². The van der Waals surface area contributed by atoms with Gasteiger partial charge in [-0.3, -0.25) is 9.47 Å². The first-order valence-corrected chi connectivity index (χ1v) is 10.9. The van der Waals surface area contributed by atoms with Crippen molar-refractivity contribution in [1.82, 2.24) is 19.7 Å². The molecule has 0 radical (unpaired) electrons. The molecule has 0 N–H and O–H groups in total. The summed E-state index contributed by atoms with van der Waals surface area (Å²) in [4.78, 5) is 2.19. The lowest BCUT2D eigenvalue weighted by atomic mass is 10.1. The van der Waals surface area contributed by atoms with Crippen LogP contribution in [0.25, 0.3) is 5.69 Å². The monoisotopic (exact) mass is 472 g/mol. The quantitative estimate of drug-likeness (QED) is 0.209. The lowest BCUT2D eigenvalue weighted by molar-refractivity contribution is 0.214. The number of nitrogens with zero attached hydrogens (tertiary/aromatic N) is 4. The van der Waals surface area contributed by atoms with Crippen LogP contribution in [-0.4, -0.2) is 32.8 Å². The van der Waals surface area contributed by atoms with Crippen molar-refractivity contribution >= 4 is 11.8 Å². The summed E-state index contributed by atoms with van der Waals surface area (Å²) < 4.78 is 83.5. The zero-order valence-corrected chi connectivity index (χ0v) is 17.5. The first kappa shape index (κ1) is 22.7. The number of thioether (sulfide) groups is 1. The molecule has 3 aromatic rings. The van der Waals surface area contributed by atoms with Crippen LogP contribution in [-0.2, 0) is 12.3 Å². The Bertz CT molecular complexity index is 1080. The van der Waals surface area contributed by atoms with Crippen molar-refractivity contribution in [3.05, 3.63) is 70.6 Å². The second kappa shape index (κ2) is 9.53. The van der Waals surface area contributed by atoms with Gasteiger partial charge in [0, 0.05) is 17.0 Å². The van der Waals surface area contributed by atoms with Crippen molar-refractivity contribution in [3.8, 4) is 5.69 Å². The van der Waals surface area contributed by atoms with Gasteiger partial charge in [-0.15, -0.1) is 10.2 Å². The molecule has 0 saturated carbocycles. The van der Waals surface area contributed by atoms with Gasteiger partial charge in [-0.25, -0.2) is 26.3 Å². The van der Waals surface area contributed by atoms with E-state index in [-0.39, 0.29) is 5.16 Å². The SMILES string of the molecule is Fc1ccc(-n2c(CN3CCCCC3)nnc2SCc2c(F)c(F)c(F)c(F)c2F)cc1. The summed E-state index contributed by atoms with van der Waals surface area (Å²) in [6.07, 6.45) is 3.24. The summed E-state index contributed by atoms with van der Waals surface area (Å²) in [5.41, 5.74) is -0.430. The summed E-state index contributed by atoms with van der Waals surface area (Å²) in [6.45, 7) is 2.21. The number of halogens is 6. The van der Waals surface area contributed by atoms with Gasteiger partial charge < -0.3 is 0 Å². The molecule has 2 heterocycles. The summed E-state index contributed by atoms with van der Waals surface area (Å²) in [7, 11) is 0. The molecular formula is C21H18F6N4S. The molecule has 11 heteroatoms. The van der Waals surface area contributed by atoms with E-state index in [9.17, 15) is 26.3 Å². The van der Waals surface area contributed by atoms with E-state index in [0.29, 0.717) is 18.1 Å². The van der Waals surface area contributed by atoms with Crippen LogP contribution >= 0.6 is 11.8 Å². The Labute approximate surface area is 184 Å². The highest BCUT2D eigenvalue weighted by Gasteiger charge is 2.26. The molecule has 0 aliphatic carbocycles. The standard InChI is InChI=1S/C21H18F6N4S/c22-12-4-6-13(7-5-12)31-15(10-30-8-2-1-3-9-30)28-29-21(31)32-11-14-16(23)18(25)20(27)19(26)17(14)24/h4-7H,1-3,8-11H2. The minimum atomic E-state index is -2.20. The van der Waals surface area contributed by atoms with Gasteiger partial charge in [-0.1, -0.05) is 18.2 Å². The molecule has 0 amide bonds. The lowest BCUT2D eigenvalue weighted by Crippen LogP contribution is -2.30. The molecular weight excluding hydrogens is 454 g/mol. The first-order chi connectivity index (χ1) is 15.4. The fraction of sp³-hybridized carbons (Fsp3) is 0.333. The molecule has 4 rings (SSSR count). The number of benzene rings is 2. The van der Waals surface area contributed by atoms with Gasteiger partial charge >= 0.3 is 0 Å². The number of aromatic nitrogens is 3. The van der Waals surface area contributed by atoms with Gasteiger partial charge in [0.25, 0.3) is 0 Å². The third-order valence-corrected chi connectivity index (χ3v) is 6.20. The van der Waals surface area contributed by atoms with Gasteiger partial charge in [0.1, 0.15) is 5.82 Å². The number of likely N-dealkylation sites (tertiary alicyclic amines) is 1. The van der Waals surface area contributed by atoms with Gasteiger partial charge in [-0.2, -0.15) is 0 Å². The van der Waals surface area contributed by atoms with E-state index in [1.54, 1.807) is 4.57 Å². The van der Waals surface area contributed by atoms with Crippen molar-refractivity contribution in [3.63, 3.8) is 0 Å². The number of hydrogen-bond acceptors (Lipinski definition) is 4. The normalized spacial score (nSPS) is 14.8. The Hall–Kier alpha value is -2.53. The molecule has 1 fully saturated rings. The second-order valence-corrected chi connectivity index (χ2v) is 8.33. The summed E-state index contributed by atoms with van der Waals surface area (Å²) in [5.74, 6) is -10.4. The van der Waals surface area contributed by atoms with Crippen LogP contribution in [0.4, 0.5) is 26.3 Å². The molecule has 1 aliphatic rings. The molecule has 2 aromatic carbocycles. The minimum absolute atomic E-state index is 0.188. The Balaban J connectivity index is 1.66. The molecule has 0 atom stereocenters. The van der Waals surface area contributed by atoms with E-state index >= 15 is 0 Å². The van der Waals surface area contributed by atoms with E-state index in [2.05, 4.69) is 15.1 Å². The topological polar surface area (TPSA) is 34.0 Å². The Morgan fingerprint density at radius 3 is 1.97 bits per heavy atom. The zero-order valence-electron chi connectivity index (χ0n) is 16.7. The van der Waals surface area contributed by atoms with E-state index in [1.807, 2.05) is 0 Å². The number of rotatable bonds is 6. The lowest BCUT2D eigenvalue weighted by Gasteiger charge is -2.26. The fourth-order valence-corrected chi connectivity index (χ4v) is 4.54. The molecule has 0 unspecified atom stereocenters. The van der Waals surface area contributed by atoms with Crippen LogP contribution in [0.5, 0.6) is 0 Å². The van der Waals surface area contributed by atoms with Gasteiger partial charge in [0.05, 0.1) is 6.54 Å². The summed E-state index contributed by atoms with van der Waals surface area (Å²) in [6, 6.07) is 5.50. The largest absolute Gasteiger partial charge is 0.296 e. The van der Waals surface area contributed by atoms with E-state index < -0.39 is 46.2 Å². The van der Waals surface area contributed by atoms with Gasteiger partial charge in [0.15, 0.2) is 34.2 Å². The molecule has 1 saturated heterocycles. The van der Waals surface area contributed by atoms with E-state index in [4.69, 9.17) is 0 Å². The molecule has 0 spiro atoms. The predicted octanol–water partition coefficient (Wildman–Crippen LogP) is 5.38. The fourth-order valence-electron chi connectivity index (χ4n) is 3.58. The van der Waals surface area contributed by atoms with Gasteiger partial charge in [0.2, 0.25) is 5.82 Å². The average Bonchev–Trinajstić information content (AvgIpc) is 3.20. The van der Waals surface area contributed by atoms with Crippen LogP contribution in [0.3, 0.4) is 0 Å². The molecule has 1 aliphatic heterocycles. The molecule has 32 heavy (non-hydrogen) atoms. The summed E-state index contributed by atoms with van der Waals surface area (Å²) in [5, 5.41) is 8.43. The molecule has 0 bridgehead atoms. The van der Waals surface area contributed by atoms with Crippen molar-refractivity contribution < 1.29 is 26.3 Å². The minimum Gasteiger partial charge on any atom is -0.296 e. The van der Waals surface area contributed by atoms with Crippen LogP contribution in [0.2, 0.25) is 0 Å². The number of hydrogen-bond donors (Lipinski definition) is 0. The average molecular weight is 472 g/mol. The van der Waals surface area contributed by atoms with E-state index in [0.717, 1.165) is 44.1 Å². The third-order valence-electron chi connectivity index (χ3n) is 5.25. The Morgan fingerprint density at radius 1 is 0.750 bits per heavy atom.